The van der Waals surface area contributed by atoms with Gasteiger partial charge in [-0.25, -0.2) is 0 Å². The monoisotopic (exact) mass is 268 g/mol. The molecule has 0 N–H and O–H groups in total. The fourth-order valence-electron chi connectivity index (χ4n) is 0.940. The molecule has 1 aromatic rings. The summed E-state index contributed by atoms with van der Waals surface area (Å²) in [4.78, 5) is 8.53. The topological polar surface area (TPSA) is 25.8 Å². The van der Waals surface area contributed by atoms with Gasteiger partial charge in [-0.05, 0) is 20.8 Å². The Labute approximate surface area is 121 Å². The molecule has 0 unspecified atom stereocenters. The van der Waals surface area contributed by atoms with Crippen LogP contribution in [0.25, 0.3) is 12.2 Å². The number of aromatic nitrogens is 2. The summed E-state index contributed by atoms with van der Waals surface area (Å²) < 4.78 is 0. The molecule has 114 valence electrons. The van der Waals surface area contributed by atoms with Crippen LogP contribution in [0.2, 0.25) is 0 Å². The molecular formula is C17H36N2. The Morgan fingerprint density at radius 3 is 1.42 bits per heavy atom. The second-order valence-corrected chi connectivity index (χ2v) is 2.36. The Morgan fingerprint density at radius 1 is 0.737 bits per heavy atom. The Hall–Kier alpha value is -1.18. The molecule has 2 nitrogen and oxygen atoms in total. The van der Waals surface area contributed by atoms with Crippen molar-refractivity contribution < 1.29 is 0 Å². The van der Waals surface area contributed by atoms with Crippen molar-refractivity contribution in [1.82, 2.24) is 9.97 Å². The first-order chi connectivity index (χ1) is 9.27. The maximum absolute atomic E-state index is 4.31. The normalized spacial score (nSPS) is 9.42. The SMILES string of the molecule is C/C=c1/ncc(C)n/c1=C/C.CC.CC.CC.CC. The maximum atomic E-state index is 4.31. The van der Waals surface area contributed by atoms with Crippen molar-refractivity contribution in [3.63, 3.8) is 0 Å². The number of hydrogen-bond donors (Lipinski definition) is 0. The third-order valence-electron chi connectivity index (χ3n) is 1.50. The lowest BCUT2D eigenvalue weighted by Crippen LogP contribution is -2.31. The van der Waals surface area contributed by atoms with Gasteiger partial charge in [0.1, 0.15) is 0 Å². The molecule has 1 aromatic heterocycles. The number of hydrogen-bond acceptors (Lipinski definition) is 2. The first-order valence-corrected chi connectivity index (χ1v) is 7.70. The quantitative estimate of drug-likeness (QED) is 0.693. The Bertz CT molecular complexity index is 354. The van der Waals surface area contributed by atoms with Crippen molar-refractivity contribution in [3.05, 3.63) is 22.6 Å². The van der Waals surface area contributed by atoms with Gasteiger partial charge < -0.3 is 0 Å². The zero-order valence-electron chi connectivity index (χ0n) is 15.1. The molecule has 1 rings (SSSR count). The molecule has 19 heavy (non-hydrogen) atoms. The van der Waals surface area contributed by atoms with Crippen molar-refractivity contribution in [2.75, 3.05) is 0 Å². The van der Waals surface area contributed by atoms with E-state index in [-0.39, 0.29) is 0 Å². The predicted molar refractivity (Wildman–Crippen MR) is 91.7 cm³/mol. The van der Waals surface area contributed by atoms with Crippen molar-refractivity contribution in [1.29, 1.82) is 0 Å². The summed E-state index contributed by atoms with van der Waals surface area (Å²) in [5.74, 6) is 0. The minimum absolute atomic E-state index is 0.957. The van der Waals surface area contributed by atoms with Crippen molar-refractivity contribution in [2.24, 2.45) is 0 Å². The van der Waals surface area contributed by atoms with Crippen LogP contribution in [-0.2, 0) is 0 Å². The first kappa shape index (κ1) is 26.4. The summed E-state index contributed by atoms with van der Waals surface area (Å²) in [6.07, 6.45) is 5.71. The molecule has 0 saturated heterocycles. The van der Waals surface area contributed by atoms with Gasteiger partial charge in [0.2, 0.25) is 0 Å². The molecule has 2 heteroatoms. The summed E-state index contributed by atoms with van der Waals surface area (Å²) in [5, 5.41) is 1.92. The van der Waals surface area contributed by atoms with Gasteiger partial charge in [0.05, 0.1) is 16.4 Å². The molecule has 0 aliphatic carbocycles. The molecule has 0 amide bonds. The van der Waals surface area contributed by atoms with Crippen LogP contribution in [0.5, 0.6) is 0 Å². The van der Waals surface area contributed by atoms with Gasteiger partial charge in [0.25, 0.3) is 0 Å². The molecule has 0 radical (unpaired) electrons. The Morgan fingerprint density at radius 2 is 1.11 bits per heavy atom. The van der Waals surface area contributed by atoms with E-state index >= 15 is 0 Å². The molecule has 0 atom stereocenters. The van der Waals surface area contributed by atoms with Crippen LogP contribution in [0.15, 0.2) is 6.20 Å². The van der Waals surface area contributed by atoms with Gasteiger partial charge in [0, 0.05) is 6.20 Å². The van der Waals surface area contributed by atoms with Gasteiger partial charge in [-0.2, -0.15) is 0 Å². The molecule has 0 spiro atoms. The van der Waals surface area contributed by atoms with E-state index in [1.165, 1.54) is 0 Å². The first-order valence-electron chi connectivity index (χ1n) is 7.70. The van der Waals surface area contributed by atoms with Gasteiger partial charge in [-0.1, -0.05) is 67.5 Å². The van der Waals surface area contributed by atoms with Crippen LogP contribution < -0.4 is 10.7 Å². The minimum atomic E-state index is 0.957. The van der Waals surface area contributed by atoms with E-state index in [1.54, 1.807) is 6.20 Å². The van der Waals surface area contributed by atoms with E-state index < -0.39 is 0 Å². The highest BCUT2D eigenvalue weighted by Crippen LogP contribution is 1.76. The van der Waals surface area contributed by atoms with Crippen LogP contribution in [0.3, 0.4) is 0 Å². The largest absolute Gasteiger partial charge is 0.253 e. The van der Waals surface area contributed by atoms with E-state index in [0.29, 0.717) is 0 Å². The molecule has 0 aliphatic heterocycles. The van der Waals surface area contributed by atoms with Crippen molar-refractivity contribution >= 4 is 12.2 Å². The van der Waals surface area contributed by atoms with Gasteiger partial charge in [0.15, 0.2) is 0 Å². The molecule has 0 saturated carbocycles. The van der Waals surface area contributed by atoms with E-state index in [2.05, 4.69) is 9.97 Å². The molecule has 0 aliphatic rings. The zero-order valence-corrected chi connectivity index (χ0v) is 15.1. The minimum Gasteiger partial charge on any atom is -0.253 e. The number of aryl methyl sites for hydroxylation is 1. The zero-order chi connectivity index (χ0) is 16.3. The fourth-order valence-corrected chi connectivity index (χ4v) is 0.940. The third kappa shape index (κ3) is 14.8. The maximum Gasteiger partial charge on any atom is 0.0844 e. The molecule has 0 bridgehead atoms. The standard InChI is InChI=1S/C9H12N2.4C2H6/c1-4-8-9(5-2)11-7(3)6-10-8;4*1-2/h4-6H,1-3H3;4*1-2H3/b8-4+,9-5+;;;;. The highest BCUT2D eigenvalue weighted by Gasteiger charge is 1.86. The third-order valence-corrected chi connectivity index (χ3v) is 1.50. The summed E-state index contributed by atoms with van der Waals surface area (Å²) in [6.45, 7) is 21.9. The lowest BCUT2D eigenvalue weighted by Gasteiger charge is -1.90. The van der Waals surface area contributed by atoms with Crippen LogP contribution in [0.4, 0.5) is 0 Å². The van der Waals surface area contributed by atoms with Gasteiger partial charge >= 0.3 is 0 Å². The Kier molecular flexibility index (Phi) is 35.6. The fraction of sp³-hybridized carbons (Fsp3) is 0.647. The van der Waals surface area contributed by atoms with Crippen LogP contribution in [0, 0.1) is 6.92 Å². The van der Waals surface area contributed by atoms with E-state index in [4.69, 9.17) is 0 Å². The molecule has 0 fully saturated rings. The summed E-state index contributed by atoms with van der Waals surface area (Å²) in [6, 6.07) is 0. The van der Waals surface area contributed by atoms with Crippen molar-refractivity contribution in [2.45, 2.75) is 76.2 Å². The Balaban J connectivity index is -0.000000121. The lowest BCUT2D eigenvalue weighted by molar-refractivity contribution is 1.03. The summed E-state index contributed by atoms with van der Waals surface area (Å²) in [7, 11) is 0. The van der Waals surface area contributed by atoms with Gasteiger partial charge in [-0.3, -0.25) is 9.97 Å². The predicted octanol–water partition coefficient (Wildman–Crippen LogP) is 4.49. The van der Waals surface area contributed by atoms with E-state index in [1.807, 2.05) is 88.3 Å². The van der Waals surface area contributed by atoms with Crippen LogP contribution in [-0.4, -0.2) is 9.97 Å². The summed E-state index contributed by atoms with van der Waals surface area (Å²) in [5.41, 5.74) is 0.962. The van der Waals surface area contributed by atoms with Gasteiger partial charge in [-0.15, -0.1) is 0 Å². The molecule has 1 heterocycles. The van der Waals surface area contributed by atoms with Crippen molar-refractivity contribution in [3.8, 4) is 0 Å². The second kappa shape index (κ2) is 25.6. The molecule has 0 aromatic carbocycles. The second-order valence-electron chi connectivity index (χ2n) is 2.36. The molecular weight excluding hydrogens is 232 g/mol. The summed E-state index contributed by atoms with van der Waals surface area (Å²) >= 11 is 0. The van der Waals surface area contributed by atoms with E-state index in [0.717, 1.165) is 16.4 Å². The highest BCUT2D eigenvalue weighted by molar-refractivity contribution is 5.21. The smallest absolute Gasteiger partial charge is 0.0844 e. The van der Waals surface area contributed by atoms with E-state index in [9.17, 15) is 0 Å². The lowest BCUT2D eigenvalue weighted by atomic mass is 10.4. The van der Waals surface area contributed by atoms with Crippen LogP contribution in [0.1, 0.15) is 74.9 Å². The number of nitrogens with zero attached hydrogens (tertiary/aromatic N) is 2. The average Bonchev–Trinajstić information content (AvgIpc) is 2.55. The number of rotatable bonds is 0. The van der Waals surface area contributed by atoms with Crippen LogP contribution >= 0.6 is 0 Å². The average molecular weight is 268 g/mol. The highest BCUT2D eigenvalue weighted by atomic mass is 14.8.